The number of imidazole rings is 1. The lowest BCUT2D eigenvalue weighted by molar-refractivity contribution is 0.582. The van der Waals surface area contributed by atoms with Crippen LogP contribution in [0.2, 0.25) is 0 Å². The molecule has 0 bridgehead atoms. The second kappa shape index (κ2) is 5.20. The van der Waals surface area contributed by atoms with Crippen molar-refractivity contribution in [3.8, 4) is 23.0 Å². The van der Waals surface area contributed by atoms with Crippen molar-refractivity contribution in [1.82, 2.24) is 19.6 Å². The van der Waals surface area contributed by atoms with E-state index in [9.17, 15) is 0 Å². The van der Waals surface area contributed by atoms with E-state index in [0.29, 0.717) is 17.5 Å². The quantitative estimate of drug-likeness (QED) is 0.477. The van der Waals surface area contributed by atoms with Crippen molar-refractivity contribution in [2.24, 2.45) is 0 Å². The highest BCUT2D eigenvalue weighted by Gasteiger charge is 2.15. The number of aryl methyl sites for hydroxylation is 1. The molecule has 0 fully saturated rings. The van der Waals surface area contributed by atoms with Crippen LogP contribution in [0.4, 0.5) is 0 Å². The van der Waals surface area contributed by atoms with E-state index in [0.717, 1.165) is 20.3 Å². The molecule has 0 unspecified atom stereocenters. The van der Waals surface area contributed by atoms with Gasteiger partial charge in [0, 0.05) is 16.0 Å². The number of hydrogen-bond donors (Lipinski definition) is 0. The topological polar surface area (TPSA) is 56.2 Å². The number of hydrogen-bond acceptors (Lipinski definition) is 4. The summed E-state index contributed by atoms with van der Waals surface area (Å²) in [5.74, 6) is 0.937. The molecule has 5 nitrogen and oxygen atoms in total. The van der Waals surface area contributed by atoms with E-state index in [1.165, 1.54) is 0 Å². The zero-order valence-corrected chi connectivity index (χ0v) is 13.9. The van der Waals surface area contributed by atoms with Crippen molar-refractivity contribution in [2.75, 3.05) is 0 Å². The average Bonchev–Trinajstić information content (AvgIpc) is 3.14. The van der Waals surface area contributed by atoms with Crippen LogP contribution in [0.3, 0.4) is 0 Å². The summed E-state index contributed by atoms with van der Waals surface area (Å²) in [6.07, 6.45) is 3.85. The van der Waals surface area contributed by atoms with Gasteiger partial charge in [-0.15, -0.1) is 10.2 Å². The van der Waals surface area contributed by atoms with Crippen molar-refractivity contribution in [3.05, 3.63) is 57.9 Å². The van der Waals surface area contributed by atoms with E-state index < -0.39 is 0 Å². The average molecular weight is 402 g/mol. The van der Waals surface area contributed by atoms with Gasteiger partial charge in [0.2, 0.25) is 5.89 Å². The molecule has 108 valence electrons. The Bertz CT molecular complexity index is 973. The van der Waals surface area contributed by atoms with Crippen LogP contribution in [-0.4, -0.2) is 19.6 Å². The summed E-state index contributed by atoms with van der Waals surface area (Å²) in [6.45, 7) is 2.03. The van der Waals surface area contributed by atoms with Crippen molar-refractivity contribution in [2.45, 2.75) is 6.92 Å². The van der Waals surface area contributed by atoms with E-state index in [1.807, 2.05) is 60.1 Å². The van der Waals surface area contributed by atoms with Gasteiger partial charge < -0.3 is 8.82 Å². The summed E-state index contributed by atoms with van der Waals surface area (Å²) >= 11 is 2.26. The number of aromatic nitrogens is 4. The monoisotopic (exact) mass is 402 g/mol. The highest BCUT2D eigenvalue weighted by Crippen LogP contribution is 2.27. The van der Waals surface area contributed by atoms with Gasteiger partial charge in [0.15, 0.2) is 0 Å². The fourth-order valence-corrected chi connectivity index (χ4v) is 2.95. The molecule has 3 heterocycles. The highest BCUT2D eigenvalue weighted by molar-refractivity contribution is 14.1. The molecule has 0 atom stereocenters. The number of fused-ring (bicyclic) bond motifs is 1. The molecule has 6 heteroatoms. The predicted molar refractivity (Wildman–Crippen MR) is 91.4 cm³/mol. The molecule has 0 spiro atoms. The van der Waals surface area contributed by atoms with Gasteiger partial charge in [0.25, 0.3) is 5.89 Å². The molecular formula is C16H11IN4O. The molecule has 22 heavy (non-hydrogen) atoms. The molecule has 0 N–H and O–H groups in total. The van der Waals surface area contributed by atoms with Gasteiger partial charge in [-0.3, -0.25) is 0 Å². The minimum atomic E-state index is 0.428. The first kappa shape index (κ1) is 13.4. The maximum absolute atomic E-state index is 5.80. The van der Waals surface area contributed by atoms with Crippen molar-refractivity contribution < 1.29 is 4.42 Å². The molecule has 0 aliphatic rings. The molecule has 0 saturated heterocycles. The highest BCUT2D eigenvalue weighted by atomic mass is 127. The van der Waals surface area contributed by atoms with Gasteiger partial charge in [-0.1, -0.05) is 18.2 Å². The maximum Gasteiger partial charge on any atom is 0.268 e. The van der Waals surface area contributed by atoms with Crippen LogP contribution < -0.4 is 0 Å². The SMILES string of the molecule is Cc1cccn2cc(-c3nnc(-c4ccccc4I)o3)nc12. The van der Waals surface area contributed by atoms with Crippen LogP contribution in [0.1, 0.15) is 5.56 Å². The molecular weight excluding hydrogens is 391 g/mol. The summed E-state index contributed by atoms with van der Waals surface area (Å²) in [4.78, 5) is 4.58. The number of benzene rings is 1. The standard InChI is InChI=1S/C16H11IN4O/c1-10-5-4-8-21-9-13(18-14(10)21)16-20-19-15(22-16)11-6-2-3-7-12(11)17/h2-9H,1H3. The minimum absolute atomic E-state index is 0.428. The number of pyridine rings is 1. The second-order valence-electron chi connectivity index (χ2n) is 4.94. The summed E-state index contributed by atoms with van der Waals surface area (Å²) in [7, 11) is 0. The van der Waals surface area contributed by atoms with Crippen molar-refractivity contribution in [3.63, 3.8) is 0 Å². The third-order valence-electron chi connectivity index (χ3n) is 3.43. The Balaban J connectivity index is 1.80. The van der Waals surface area contributed by atoms with E-state index >= 15 is 0 Å². The van der Waals surface area contributed by atoms with Gasteiger partial charge in [-0.05, 0) is 53.3 Å². The van der Waals surface area contributed by atoms with Crippen LogP contribution in [-0.2, 0) is 0 Å². The van der Waals surface area contributed by atoms with E-state index in [2.05, 4.69) is 37.8 Å². The molecule has 3 aromatic heterocycles. The zero-order valence-electron chi connectivity index (χ0n) is 11.7. The van der Waals surface area contributed by atoms with Gasteiger partial charge in [-0.25, -0.2) is 4.98 Å². The Morgan fingerprint density at radius 2 is 1.86 bits per heavy atom. The Hall–Kier alpha value is -2.22. The fraction of sp³-hybridized carbons (Fsp3) is 0.0625. The third-order valence-corrected chi connectivity index (χ3v) is 4.37. The zero-order chi connectivity index (χ0) is 15.1. The largest absolute Gasteiger partial charge is 0.415 e. The second-order valence-corrected chi connectivity index (χ2v) is 6.10. The van der Waals surface area contributed by atoms with Gasteiger partial charge >= 0.3 is 0 Å². The molecule has 0 aliphatic heterocycles. The molecule has 1 aromatic carbocycles. The van der Waals surface area contributed by atoms with Crippen LogP contribution in [0.15, 0.2) is 53.2 Å². The Kier molecular flexibility index (Phi) is 3.18. The van der Waals surface area contributed by atoms with Gasteiger partial charge in [-0.2, -0.15) is 0 Å². The van der Waals surface area contributed by atoms with Crippen LogP contribution in [0.25, 0.3) is 28.7 Å². The lowest BCUT2D eigenvalue weighted by Gasteiger charge is -1.96. The lowest BCUT2D eigenvalue weighted by Crippen LogP contribution is -1.83. The van der Waals surface area contributed by atoms with Crippen molar-refractivity contribution >= 4 is 28.2 Å². The number of nitrogens with zero attached hydrogens (tertiary/aromatic N) is 4. The third kappa shape index (κ3) is 2.19. The first-order valence-electron chi connectivity index (χ1n) is 6.75. The minimum Gasteiger partial charge on any atom is -0.415 e. The summed E-state index contributed by atoms with van der Waals surface area (Å²) in [6, 6.07) is 11.9. The number of rotatable bonds is 2. The molecule has 0 amide bonds. The van der Waals surface area contributed by atoms with Crippen molar-refractivity contribution in [1.29, 1.82) is 0 Å². The molecule has 0 aliphatic carbocycles. The molecule has 0 radical (unpaired) electrons. The Labute approximate surface area is 140 Å². The predicted octanol–water partition coefficient (Wildman–Crippen LogP) is 3.96. The molecule has 4 rings (SSSR count). The summed E-state index contributed by atoms with van der Waals surface area (Å²) in [5.41, 5.74) is 3.61. The maximum atomic E-state index is 5.80. The summed E-state index contributed by atoms with van der Waals surface area (Å²) < 4.78 is 8.83. The van der Waals surface area contributed by atoms with Crippen LogP contribution in [0, 0.1) is 10.5 Å². The Morgan fingerprint density at radius 1 is 1.05 bits per heavy atom. The van der Waals surface area contributed by atoms with Crippen LogP contribution >= 0.6 is 22.6 Å². The molecule has 0 saturated carbocycles. The smallest absolute Gasteiger partial charge is 0.268 e. The van der Waals surface area contributed by atoms with E-state index in [4.69, 9.17) is 4.42 Å². The fourth-order valence-electron chi connectivity index (χ4n) is 2.33. The van der Waals surface area contributed by atoms with Gasteiger partial charge in [0.1, 0.15) is 11.3 Å². The van der Waals surface area contributed by atoms with Gasteiger partial charge in [0.05, 0.1) is 5.56 Å². The van der Waals surface area contributed by atoms with E-state index in [1.54, 1.807) is 0 Å². The first-order chi connectivity index (χ1) is 10.7. The van der Waals surface area contributed by atoms with Crippen LogP contribution in [0.5, 0.6) is 0 Å². The Morgan fingerprint density at radius 3 is 2.68 bits per heavy atom. The lowest BCUT2D eigenvalue weighted by atomic mass is 10.2. The first-order valence-corrected chi connectivity index (χ1v) is 7.83. The molecule has 4 aromatic rings. The summed E-state index contributed by atoms with van der Waals surface area (Å²) in [5, 5.41) is 8.28. The normalized spacial score (nSPS) is 11.2. The number of halogens is 1. The van der Waals surface area contributed by atoms with E-state index in [-0.39, 0.29) is 0 Å².